The number of hydrogen-bond acceptors (Lipinski definition) is 3. The van der Waals surface area contributed by atoms with Crippen LogP contribution in [0.1, 0.15) is 5.56 Å². The van der Waals surface area contributed by atoms with E-state index in [0.717, 1.165) is 22.3 Å². The summed E-state index contributed by atoms with van der Waals surface area (Å²) in [7, 11) is -0.364. The van der Waals surface area contributed by atoms with Gasteiger partial charge in [0, 0.05) is 0 Å². The fraction of sp³-hybridized carbons (Fsp3) is 0. The average molecular weight is 299 g/mol. The van der Waals surface area contributed by atoms with Gasteiger partial charge < -0.3 is 9.68 Å². The van der Waals surface area contributed by atoms with Crippen molar-refractivity contribution < 1.29 is 9.68 Å². The van der Waals surface area contributed by atoms with Crippen LogP contribution in [0.5, 0.6) is 5.75 Å². The molecule has 0 fully saturated rings. The second kappa shape index (κ2) is 6.82. The molecule has 0 aliphatic heterocycles. The van der Waals surface area contributed by atoms with E-state index in [2.05, 4.69) is 6.07 Å². The summed E-state index contributed by atoms with van der Waals surface area (Å²) in [4.78, 5) is 0. The Balaban J connectivity index is 2.09. The van der Waals surface area contributed by atoms with Crippen molar-refractivity contribution in [1.29, 1.82) is 5.26 Å². The number of nitriles is 1. The quantitative estimate of drug-likeness (QED) is 0.750. The first-order valence-corrected chi connectivity index (χ1v) is 7.25. The fourth-order valence-electron chi connectivity index (χ4n) is 2.50. The van der Waals surface area contributed by atoms with Crippen LogP contribution in [0.3, 0.4) is 0 Å². The highest BCUT2D eigenvalue weighted by Crippen LogP contribution is 2.29. The molecular weight excluding hydrogens is 285 g/mol. The number of hydrogen-bond donors (Lipinski definition) is 1. The van der Waals surface area contributed by atoms with Gasteiger partial charge in [-0.3, -0.25) is 0 Å². The van der Waals surface area contributed by atoms with E-state index < -0.39 is 0 Å². The van der Waals surface area contributed by atoms with Gasteiger partial charge >= 0.3 is 7.69 Å². The maximum atomic E-state index is 9.31. The zero-order valence-corrected chi connectivity index (χ0v) is 12.4. The smallest absolute Gasteiger partial charge is 0.504 e. The predicted octanol–water partition coefficient (Wildman–Crippen LogP) is 3.53. The summed E-state index contributed by atoms with van der Waals surface area (Å²) in [6.07, 6.45) is 0. The normalized spacial score (nSPS) is 9.91. The highest BCUT2D eigenvalue weighted by molar-refractivity contribution is 6.17. The molecule has 3 aromatic rings. The molecule has 3 rings (SSSR count). The molecule has 0 saturated carbocycles. The van der Waals surface area contributed by atoms with E-state index in [9.17, 15) is 5.26 Å². The van der Waals surface area contributed by atoms with Crippen LogP contribution in [0, 0.1) is 11.3 Å². The van der Waals surface area contributed by atoms with Gasteiger partial charge in [-0.1, -0.05) is 42.5 Å². The lowest BCUT2D eigenvalue weighted by Gasteiger charge is -2.09. The Bertz CT molecular complexity index is 857. The molecule has 0 saturated heterocycles. The summed E-state index contributed by atoms with van der Waals surface area (Å²) in [5.41, 5.74) is 4.54. The van der Waals surface area contributed by atoms with Gasteiger partial charge in [-0.2, -0.15) is 5.26 Å². The zero-order chi connectivity index (χ0) is 16.1. The Kier molecular flexibility index (Phi) is 4.42. The van der Waals surface area contributed by atoms with E-state index in [4.69, 9.17) is 9.68 Å². The highest BCUT2D eigenvalue weighted by atomic mass is 16.5. The molecule has 0 aliphatic rings. The highest BCUT2D eigenvalue weighted by Gasteiger charge is 2.06. The SMILES string of the molecule is N#Cc1cc(-c2ccccc2)cc(-c2cccc(OBO)c2)c1. The fourth-order valence-corrected chi connectivity index (χ4v) is 2.50. The average Bonchev–Trinajstić information content (AvgIpc) is 2.62. The van der Waals surface area contributed by atoms with Gasteiger partial charge in [0.15, 0.2) is 0 Å². The van der Waals surface area contributed by atoms with Crippen LogP contribution >= 0.6 is 0 Å². The van der Waals surface area contributed by atoms with Crippen molar-refractivity contribution in [3.63, 3.8) is 0 Å². The Morgan fingerprint density at radius 1 is 0.783 bits per heavy atom. The Hall–Kier alpha value is -3.03. The Morgan fingerprint density at radius 2 is 1.48 bits per heavy atom. The number of nitrogens with zero attached hydrogens (tertiary/aromatic N) is 1. The molecule has 0 aliphatic carbocycles. The van der Waals surface area contributed by atoms with Crippen molar-refractivity contribution in [2.45, 2.75) is 0 Å². The van der Waals surface area contributed by atoms with E-state index in [-0.39, 0.29) is 7.69 Å². The summed E-state index contributed by atoms with van der Waals surface area (Å²) in [5, 5.41) is 18.2. The van der Waals surface area contributed by atoms with Gasteiger partial charge in [-0.25, -0.2) is 0 Å². The lowest BCUT2D eigenvalue weighted by Crippen LogP contribution is -1.99. The summed E-state index contributed by atoms with van der Waals surface area (Å²) in [5.74, 6) is 0.591. The molecule has 0 atom stereocenters. The van der Waals surface area contributed by atoms with Crippen molar-refractivity contribution in [1.82, 2.24) is 0 Å². The molecule has 0 aromatic heterocycles. The minimum atomic E-state index is -0.364. The maximum Gasteiger partial charge on any atom is 0.504 e. The first-order valence-electron chi connectivity index (χ1n) is 7.25. The van der Waals surface area contributed by atoms with Crippen LogP contribution < -0.4 is 4.65 Å². The topological polar surface area (TPSA) is 53.2 Å². The molecule has 0 heterocycles. The molecule has 110 valence electrons. The summed E-state index contributed by atoms with van der Waals surface area (Å²) < 4.78 is 5.13. The van der Waals surface area contributed by atoms with Crippen molar-refractivity contribution in [2.24, 2.45) is 0 Å². The number of rotatable bonds is 4. The van der Waals surface area contributed by atoms with Crippen molar-refractivity contribution in [2.75, 3.05) is 0 Å². The van der Waals surface area contributed by atoms with Crippen molar-refractivity contribution >= 4 is 7.69 Å². The molecule has 3 nitrogen and oxygen atoms in total. The van der Waals surface area contributed by atoms with Gasteiger partial charge in [0.05, 0.1) is 11.6 Å². The maximum absolute atomic E-state index is 9.31. The van der Waals surface area contributed by atoms with E-state index >= 15 is 0 Å². The third-order valence-electron chi connectivity index (χ3n) is 3.57. The summed E-state index contributed by atoms with van der Waals surface area (Å²) >= 11 is 0. The first-order chi connectivity index (χ1) is 11.3. The third-order valence-corrected chi connectivity index (χ3v) is 3.57. The molecule has 3 aromatic carbocycles. The molecule has 0 radical (unpaired) electrons. The van der Waals surface area contributed by atoms with E-state index in [1.807, 2.05) is 66.7 Å². The van der Waals surface area contributed by atoms with Gasteiger partial charge in [0.1, 0.15) is 5.75 Å². The Morgan fingerprint density at radius 3 is 2.17 bits per heavy atom. The van der Waals surface area contributed by atoms with Crippen LogP contribution in [-0.4, -0.2) is 12.7 Å². The van der Waals surface area contributed by atoms with E-state index in [0.29, 0.717) is 11.3 Å². The number of benzene rings is 3. The summed E-state index contributed by atoms with van der Waals surface area (Å²) in [6, 6.07) is 25.4. The minimum absolute atomic E-state index is 0.364. The van der Waals surface area contributed by atoms with Crippen molar-refractivity contribution in [3.05, 3.63) is 78.4 Å². The van der Waals surface area contributed by atoms with Crippen LogP contribution in [0.25, 0.3) is 22.3 Å². The van der Waals surface area contributed by atoms with Crippen LogP contribution in [-0.2, 0) is 0 Å². The molecule has 0 unspecified atom stereocenters. The lowest BCUT2D eigenvalue weighted by molar-refractivity contribution is 0.454. The lowest BCUT2D eigenvalue weighted by atomic mass is 9.96. The minimum Gasteiger partial charge on any atom is -0.539 e. The summed E-state index contributed by atoms with van der Waals surface area (Å²) in [6.45, 7) is 0. The van der Waals surface area contributed by atoms with Gasteiger partial charge in [0.25, 0.3) is 0 Å². The molecule has 1 N–H and O–H groups in total. The zero-order valence-electron chi connectivity index (χ0n) is 12.4. The molecular formula is C19H14BNO2. The van der Waals surface area contributed by atoms with Crippen LogP contribution in [0.15, 0.2) is 72.8 Å². The van der Waals surface area contributed by atoms with Gasteiger partial charge in [-0.15, -0.1) is 0 Å². The Labute approximate surface area is 135 Å². The molecule has 0 spiro atoms. The second-order valence-corrected chi connectivity index (χ2v) is 5.08. The van der Waals surface area contributed by atoms with Crippen LogP contribution in [0.4, 0.5) is 0 Å². The molecule has 23 heavy (non-hydrogen) atoms. The monoisotopic (exact) mass is 299 g/mol. The standard InChI is InChI=1S/C19H14BNO2/c21-13-14-9-17(15-5-2-1-3-6-15)11-18(10-14)16-7-4-8-19(12-16)23-20-22/h1-12,20,22H. The van der Waals surface area contributed by atoms with E-state index in [1.165, 1.54) is 0 Å². The van der Waals surface area contributed by atoms with E-state index in [1.54, 1.807) is 6.07 Å². The largest absolute Gasteiger partial charge is 0.539 e. The second-order valence-electron chi connectivity index (χ2n) is 5.08. The first kappa shape index (κ1) is 14.9. The van der Waals surface area contributed by atoms with Gasteiger partial charge in [0.2, 0.25) is 0 Å². The molecule has 4 heteroatoms. The van der Waals surface area contributed by atoms with Gasteiger partial charge in [-0.05, 0) is 52.6 Å². The molecule has 0 amide bonds. The van der Waals surface area contributed by atoms with Crippen LogP contribution in [0.2, 0.25) is 0 Å². The molecule has 0 bridgehead atoms. The van der Waals surface area contributed by atoms with Crippen molar-refractivity contribution in [3.8, 4) is 34.1 Å². The third kappa shape index (κ3) is 3.42. The predicted molar refractivity (Wildman–Crippen MR) is 92.0 cm³/mol.